The zero-order valence-electron chi connectivity index (χ0n) is 6.03. The largest absolute Gasteiger partial charge is 0.573 e. The molecule has 0 spiro atoms. The molecule has 1 nitrogen and oxygen atoms in total. The fraction of sp³-hybridized carbons (Fsp3) is 0.143. The molecule has 0 atom stereocenters. The van der Waals surface area contributed by atoms with E-state index in [9.17, 15) is 13.2 Å². The number of hydrogen-bond acceptors (Lipinski definition) is 1. The lowest BCUT2D eigenvalue weighted by Gasteiger charge is -2.08. The lowest BCUT2D eigenvalue weighted by Crippen LogP contribution is -2.17. The van der Waals surface area contributed by atoms with E-state index in [1.54, 1.807) is 0 Å². The van der Waals surface area contributed by atoms with E-state index >= 15 is 0 Å². The number of halogens is 5. The van der Waals surface area contributed by atoms with Crippen molar-refractivity contribution in [2.24, 2.45) is 0 Å². The molecule has 0 aromatic heterocycles. The van der Waals surface area contributed by atoms with Crippen molar-refractivity contribution in [1.29, 1.82) is 0 Å². The van der Waals surface area contributed by atoms with Crippen LogP contribution in [0.5, 0.6) is 5.75 Å². The second kappa shape index (κ2) is 3.91. The summed E-state index contributed by atoms with van der Waals surface area (Å²) >= 11 is 7.38. The normalized spacial score (nSPS) is 11.5. The summed E-state index contributed by atoms with van der Waals surface area (Å²) in [6.45, 7) is 0. The Morgan fingerprint density at radius 2 is 1.85 bits per heavy atom. The molecule has 0 aliphatic heterocycles. The second-order valence-electron chi connectivity index (χ2n) is 2.15. The van der Waals surface area contributed by atoms with Gasteiger partial charge in [-0.2, -0.15) is 0 Å². The first-order valence-corrected chi connectivity index (χ1v) is 4.54. The first kappa shape index (κ1) is 10.9. The summed E-state index contributed by atoms with van der Waals surface area (Å²) in [6, 6.07) is 3.89. The highest BCUT2D eigenvalue weighted by molar-refractivity contribution is 14.1. The highest BCUT2D eigenvalue weighted by Gasteiger charge is 2.31. The molecule has 0 heterocycles. The van der Waals surface area contributed by atoms with Crippen molar-refractivity contribution in [2.45, 2.75) is 6.36 Å². The van der Waals surface area contributed by atoms with Gasteiger partial charge in [-0.05, 0) is 40.8 Å². The Labute approximate surface area is 91.0 Å². The summed E-state index contributed by atoms with van der Waals surface area (Å²) in [5.74, 6) is -0.301. The zero-order chi connectivity index (χ0) is 10.1. The van der Waals surface area contributed by atoms with E-state index < -0.39 is 6.36 Å². The van der Waals surface area contributed by atoms with E-state index in [2.05, 4.69) is 4.74 Å². The number of benzene rings is 1. The highest BCUT2D eigenvalue weighted by atomic mass is 127. The predicted molar refractivity (Wildman–Crippen MR) is 50.9 cm³/mol. The Hall–Kier alpha value is -0.170. The minimum Gasteiger partial charge on any atom is -0.406 e. The molecule has 0 unspecified atom stereocenters. The molecule has 0 aliphatic rings. The third kappa shape index (κ3) is 4.04. The molecule has 0 aliphatic carbocycles. The topological polar surface area (TPSA) is 9.23 Å². The SMILES string of the molecule is FC(F)(F)Oc1cc(Cl)cc(I)c1. The Balaban J connectivity index is 2.90. The fourth-order valence-corrected chi connectivity index (χ4v) is 1.77. The maximum Gasteiger partial charge on any atom is 0.573 e. The van der Waals surface area contributed by atoms with Gasteiger partial charge >= 0.3 is 6.36 Å². The van der Waals surface area contributed by atoms with E-state index in [4.69, 9.17) is 11.6 Å². The van der Waals surface area contributed by atoms with Crippen LogP contribution < -0.4 is 4.74 Å². The van der Waals surface area contributed by atoms with Gasteiger partial charge in [0.25, 0.3) is 0 Å². The van der Waals surface area contributed by atoms with Crippen molar-refractivity contribution < 1.29 is 17.9 Å². The molecule has 0 saturated carbocycles. The lowest BCUT2D eigenvalue weighted by molar-refractivity contribution is -0.274. The van der Waals surface area contributed by atoms with Crippen molar-refractivity contribution in [1.82, 2.24) is 0 Å². The van der Waals surface area contributed by atoms with Gasteiger partial charge in [0, 0.05) is 8.59 Å². The van der Waals surface area contributed by atoms with E-state index in [1.165, 1.54) is 12.1 Å². The Morgan fingerprint density at radius 1 is 1.23 bits per heavy atom. The Morgan fingerprint density at radius 3 is 2.31 bits per heavy atom. The molecule has 72 valence electrons. The van der Waals surface area contributed by atoms with Crippen LogP contribution in [0.25, 0.3) is 0 Å². The minimum absolute atomic E-state index is 0.214. The molecule has 1 aromatic rings. The number of rotatable bonds is 1. The molecule has 6 heteroatoms. The second-order valence-corrected chi connectivity index (χ2v) is 3.84. The van der Waals surface area contributed by atoms with Crippen LogP contribution in [-0.4, -0.2) is 6.36 Å². The summed E-state index contributed by atoms with van der Waals surface area (Å²) in [5, 5.41) is 0.214. The maximum absolute atomic E-state index is 11.7. The van der Waals surface area contributed by atoms with Crippen molar-refractivity contribution in [3.05, 3.63) is 26.8 Å². The summed E-state index contributed by atoms with van der Waals surface area (Å²) in [4.78, 5) is 0. The number of alkyl halides is 3. The van der Waals surface area contributed by atoms with E-state index in [1.807, 2.05) is 22.6 Å². The molecule has 0 bridgehead atoms. The van der Waals surface area contributed by atoms with Crippen molar-refractivity contribution in [3.63, 3.8) is 0 Å². The third-order valence-electron chi connectivity index (χ3n) is 1.07. The van der Waals surface area contributed by atoms with Gasteiger partial charge in [-0.25, -0.2) is 0 Å². The number of ether oxygens (including phenoxy) is 1. The Kier molecular flexibility index (Phi) is 3.28. The van der Waals surface area contributed by atoms with E-state index in [0.29, 0.717) is 3.57 Å². The fourth-order valence-electron chi connectivity index (χ4n) is 0.721. The summed E-state index contributed by atoms with van der Waals surface area (Å²) < 4.78 is 39.5. The van der Waals surface area contributed by atoms with Gasteiger partial charge < -0.3 is 4.74 Å². The van der Waals surface area contributed by atoms with Gasteiger partial charge in [0.05, 0.1) is 0 Å². The van der Waals surface area contributed by atoms with Crippen LogP contribution in [0.4, 0.5) is 13.2 Å². The summed E-state index contributed by atoms with van der Waals surface area (Å²) in [5.41, 5.74) is 0. The van der Waals surface area contributed by atoms with Gasteiger partial charge in [0.1, 0.15) is 5.75 Å². The first-order valence-electron chi connectivity index (χ1n) is 3.09. The average molecular weight is 322 g/mol. The molecule has 1 rings (SSSR count). The average Bonchev–Trinajstić information content (AvgIpc) is 1.78. The highest BCUT2D eigenvalue weighted by Crippen LogP contribution is 2.27. The minimum atomic E-state index is -4.67. The monoisotopic (exact) mass is 322 g/mol. The maximum atomic E-state index is 11.7. The van der Waals surface area contributed by atoms with Crippen molar-refractivity contribution >= 4 is 34.2 Å². The van der Waals surface area contributed by atoms with Crippen LogP contribution in [0, 0.1) is 3.57 Å². The summed E-state index contributed by atoms with van der Waals surface area (Å²) in [7, 11) is 0. The van der Waals surface area contributed by atoms with E-state index in [-0.39, 0.29) is 10.8 Å². The summed E-state index contributed by atoms with van der Waals surface area (Å²) in [6.07, 6.45) is -4.67. The van der Waals surface area contributed by atoms with Crippen LogP contribution in [0.1, 0.15) is 0 Å². The molecule has 0 fully saturated rings. The van der Waals surface area contributed by atoms with Crippen LogP contribution in [0.3, 0.4) is 0 Å². The molecule has 0 amide bonds. The smallest absolute Gasteiger partial charge is 0.406 e. The van der Waals surface area contributed by atoms with Gasteiger partial charge in [-0.15, -0.1) is 13.2 Å². The molecule has 0 saturated heterocycles. The van der Waals surface area contributed by atoms with Crippen LogP contribution in [0.15, 0.2) is 18.2 Å². The molecule has 1 aromatic carbocycles. The van der Waals surface area contributed by atoms with Crippen LogP contribution in [-0.2, 0) is 0 Å². The molecular formula is C7H3ClF3IO. The van der Waals surface area contributed by atoms with Crippen LogP contribution >= 0.6 is 34.2 Å². The van der Waals surface area contributed by atoms with Crippen molar-refractivity contribution in [2.75, 3.05) is 0 Å². The van der Waals surface area contributed by atoms with E-state index in [0.717, 1.165) is 6.07 Å². The Bertz CT molecular complexity index is 293. The quantitative estimate of drug-likeness (QED) is 0.714. The first-order chi connectivity index (χ1) is 5.87. The zero-order valence-corrected chi connectivity index (χ0v) is 8.94. The molecule has 0 N–H and O–H groups in total. The van der Waals surface area contributed by atoms with Crippen LogP contribution in [0.2, 0.25) is 5.02 Å². The van der Waals surface area contributed by atoms with Gasteiger partial charge in [-0.1, -0.05) is 11.6 Å². The third-order valence-corrected chi connectivity index (χ3v) is 1.91. The number of hydrogen-bond donors (Lipinski definition) is 0. The van der Waals surface area contributed by atoms with Gasteiger partial charge in [0.2, 0.25) is 0 Å². The molecular weight excluding hydrogens is 319 g/mol. The van der Waals surface area contributed by atoms with Crippen molar-refractivity contribution in [3.8, 4) is 5.75 Å². The standard InChI is InChI=1S/C7H3ClF3IO/c8-4-1-5(12)3-6(2-4)13-7(9,10)11/h1-3H. The lowest BCUT2D eigenvalue weighted by atomic mass is 10.3. The molecule has 13 heavy (non-hydrogen) atoms. The predicted octanol–water partition coefficient (Wildman–Crippen LogP) is 3.84. The van der Waals surface area contributed by atoms with Gasteiger partial charge in [0.15, 0.2) is 0 Å². The molecule has 0 radical (unpaired) electrons. The van der Waals surface area contributed by atoms with Gasteiger partial charge in [-0.3, -0.25) is 0 Å².